The van der Waals surface area contributed by atoms with Gasteiger partial charge in [0.25, 0.3) is 0 Å². The van der Waals surface area contributed by atoms with Crippen LogP contribution in [-0.4, -0.2) is 21.0 Å². The minimum atomic E-state index is -3.47. The summed E-state index contributed by atoms with van der Waals surface area (Å²) >= 11 is 0. The Morgan fingerprint density at radius 2 is 2.14 bits per heavy atom. The van der Waals surface area contributed by atoms with Gasteiger partial charge in [-0.2, -0.15) is 8.78 Å². The maximum Gasteiger partial charge on any atom is 0.309 e. The summed E-state index contributed by atoms with van der Waals surface area (Å²) in [7, 11) is 0. The van der Waals surface area contributed by atoms with Crippen LogP contribution in [0.15, 0.2) is 12.4 Å². The maximum absolute atomic E-state index is 13.1. The van der Waals surface area contributed by atoms with Gasteiger partial charge in [-0.05, 0) is 6.92 Å². The second kappa shape index (κ2) is 3.65. The molecule has 14 heavy (non-hydrogen) atoms. The number of aryl methyl sites for hydroxylation is 1. The van der Waals surface area contributed by atoms with Crippen molar-refractivity contribution in [3.63, 3.8) is 0 Å². The highest BCUT2D eigenvalue weighted by Crippen LogP contribution is 2.29. The normalized spacial score (nSPS) is 11.4. The molecule has 0 saturated heterocycles. The lowest BCUT2D eigenvalue weighted by Gasteiger charge is -2.12. The summed E-state index contributed by atoms with van der Waals surface area (Å²) in [6.07, 6.45) is 0.786. The summed E-state index contributed by atoms with van der Waals surface area (Å²) in [4.78, 5) is 17.2. The molecule has 0 spiro atoms. The van der Waals surface area contributed by atoms with E-state index >= 15 is 0 Å². The van der Waals surface area contributed by atoms with E-state index in [1.165, 1.54) is 6.20 Å². The van der Waals surface area contributed by atoms with Gasteiger partial charge in [0.15, 0.2) is 0 Å². The van der Waals surface area contributed by atoms with Gasteiger partial charge >= 0.3 is 11.9 Å². The van der Waals surface area contributed by atoms with Gasteiger partial charge in [0, 0.05) is 6.20 Å². The number of halogens is 2. The molecule has 6 heteroatoms. The monoisotopic (exact) mass is 202 g/mol. The fourth-order valence-corrected chi connectivity index (χ4v) is 0.862. The van der Waals surface area contributed by atoms with Crippen molar-refractivity contribution in [2.45, 2.75) is 19.3 Å². The molecule has 0 atom stereocenters. The Morgan fingerprint density at radius 3 is 2.57 bits per heavy atom. The van der Waals surface area contributed by atoms with E-state index in [0.717, 1.165) is 6.20 Å². The number of nitrogens with zero attached hydrogens (tertiary/aromatic N) is 2. The van der Waals surface area contributed by atoms with Gasteiger partial charge in [0.1, 0.15) is 12.1 Å². The van der Waals surface area contributed by atoms with Crippen molar-refractivity contribution in [3.05, 3.63) is 23.8 Å². The lowest BCUT2D eigenvalue weighted by Crippen LogP contribution is -2.20. The Labute approximate surface area is 78.6 Å². The summed E-state index contributed by atoms with van der Waals surface area (Å²) in [5, 5.41) is 8.24. The molecule has 0 saturated carbocycles. The highest BCUT2D eigenvalue weighted by molar-refractivity contribution is 5.68. The Kier molecular flexibility index (Phi) is 2.73. The average Bonchev–Trinajstić information content (AvgIpc) is 2.02. The van der Waals surface area contributed by atoms with Gasteiger partial charge in [-0.25, -0.2) is 0 Å². The van der Waals surface area contributed by atoms with Gasteiger partial charge in [-0.15, -0.1) is 0 Å². The molecule has 0 aliphatic carbocycles. The summed E-state index contributed by atoms with van der Waals surface area (Å²) in [5.74, 6) is -5.04. The fourth-order valence-electron chi connectivity index (χ4n) is 0.862. The SMILES string of the molecule is Cc1cnc(C(F)(F)CC(=O)O)cn1. The molecule has 4 nitrogen and oxygen atoms in total. The average molecular weight is 202 g/mol. The van der Waals surface area contributed by atoms with E-state index in [-0.39, 0.29) is 0 Å². The Morgan fingerprint density at radius 1 is 1.50 bits per heavy atom. The molecule has 1 rings (SSSR count). The summed E-state index contributed by atoms with van der Waals surface area (Å²) < 4.78 is 26.1. The van der Waals surface area contributed by atoms with Crippen LogP contribution in [0, 0.1) is 6.92 Å². The molecule has 0 aliphatic rings. The molecule has 0 aliphatic heterocycles. The topological polar surface area (TPSA) is 63.1 Å². The third kappa shape index (κ3) is 2.45. The van der Waals surface area contributed by atoms with Crippen molar-refractivity contribution < 1.29 is 18.7 Å². The molecule has 0 aromatic carbocycles. The van der Waals surface area contributed by atoms with E-state index in [1.54, 1.807) is 6.92 Å². The van der Waals surface area contributed by atoms with Crippen molar-refractivity contribution in [1.82, 2.24) is 9.97 Å². The van der Waals surface area contributed by atoms with E-state index in [4.69, 9.17) is 5.11 Å². The fraction of sp³-hybridized carbons (Fsp3) is 0.375. The Balaban J connectivity index is 2.91. The molecular weight excluding hydrogens is 194 g/mol. The molecule has 1 N–H and O–H groups in total. The van der Waals surface area contributed by atoms with Gasteiger partial charge < -0.3 is 5.11 Å². The van der Waals surface area contributed by atoms with Crippen LogP contribution in [0.1, 0.15) is 17.8 Å². The summed E-state index contributed by atoms with van der Waals surface area (Å²) in [5.41, 5.74) is -0.120. The van der Waals surface area contributed by atoms with Crippen LogP contribution in [0.25, 0.3) is 0 Å². The zero-order valence-electron chi connectivity index (χ0n) is 7.37. The predicted octanol–water partition coefficient (Wildman–Crippen LogP) is 1.35. The molecule has 76 valence electrons. The third-order valence-corrected chi connectivity index (χ3v) is 1.53. The number of aliphatic carboxylic acids is 1. The van der Waals surface area contributed by atoms with Crippen molar-refractivity contribution in [3.8, 4) is 0 Å². The van der Waals surface area contributed by atoms with Crippen molar-refractivity contribution in [2.24, 2.45) is 0 Å². The number of aromatic nitrogens is 2. The van der Waals surface area contributed by atoms with Crippen LogP contribution in [0.2, 0.25) is 0 Å². The van der Waals surface area contributed by atoms with E-state index in [0.29, 0.717) is 5.69 Å². The molecule has 1 heterocycles. The second-order valence-corrected chi connectivity index (χ2v) is 2.82. The predicted molar refractivity (Wildman–Crippen MR) is 42.9 cm³/mol. The quantitative estimate of drug-likeness (QED) is 0.803. The lowest BCUT2D eigenvalue weighted by molar-refractivity contribution is -0.145. The van der Waals surface area contributed by atoms with Gasteiger partial charge in [0.05, 0.1) is 11.9 Å². The summed E-state index contributed by atoms with van der Waals surface area (Å²) in [6.45, 7) is 1.60. The Bertz CT molecular complexity index is 338. The van der Waals surface area contributed by atoms with Crippen LogP contribution < -0.4 is 0 Å². The molecule has 0 bridgehead atoms. The zero-order valence-corrected chi connectivity index (χ0v) is 7.37. The first-order valence-electron chi connectivity index (χ1n) is 3.80. The molecule has 0 fully saturated rings. The number of rotatable bonds is 3. The minimum Gasteiger partial charge on any atom is -0.481 e. The van der Waals surface area contributed by atoms with E-state index in [9.17, 15) is 13.6 Å². The van der Waals surface area contributed by atoms with E-state index in [1.807, 2.05) is 0 Å². The van der Waals surface area contributed by atoms with Crippen LogP contribution in [0.5, 0.6) is 0 Å². The first-order valence-corrected chi connectivity index (χ1v) is 3.80. The smallest absolute Gasteiger partial charge is 0.309 e. The van der Waals surface area contributed by atoms with Gasteiger partial charge in [0.2, 0.25) is 0 Å². The first kappa shape index (κ1) is 10.5. The van der Waals surface area contributed by atoms with Crippen LogP contribution in [-0.2, 0) is 10.7 Å². The minimum absolute atomic E-state index is 0.500. The molecular formula is C8H8F2N2O2. The van der Waals surface area contributed by atoms with Crippen LogP contribution in [0.4, 0.5) is 8.78 Å². The number of carboxylic acids is 1. The van der Waals surface area contributed by atoms with Gasteiger partial charge in [-0.1, -0.05) is 0 Å². The zero-order chi connectivity index (χ0) is 10.8. The third-order valence-electron chi connectivity index (χ3n) is 1.53. The van der Waals surface area contributed by atoms with Crippen molar-refractivity contribution in [2.75, 3.05) is 0 Å². The number of carbonyl (C=O) groups is 1. The Hall–Kier alpha value is -1.59. The molecule has 0 radical (unpaired) electrons. The summed E-state index contributed by atoms with van der Waals surface area (Å²) in [6, 6.07) is 0. The van der Waals surface area contributed by atoms with E-state index < -0.39 is 24.0 Å². The number of carboxylic acid groups (broad SMARTS) is 1. The van der Waals surface area contributed by atoms with E-state index in [2.05, 4.69) is 9.97 Å². The van der Waals surface area contributed by atoms with Crippen LogP contribution >= 0.6 is 0 Å². The van der Waals surface area contributed by atoms with Crippen molar-refractivity contribution in [1.29, 1.82) is 0 Å². The standard InChI is InChI=1S/C8H8F2N2O2/c1-5-3-12-6(4-11-5)8(9,10)2-7(13)14/h3-4H,2H2,1H3,(H,13,14). The van der Waals surface area contributed by atoms with Crippen molar-refractivity contribution >= 4 is 5.97 Å². The highest BCUT2D eigenvalue weighted by Gasteiger charge is 2.36. The molecule has 0 amide bonds. The maximum atomic E-state index is 13.1. The first-order chi connectivity index (χ1) is 6.42. The van der Waals surface area contributed by atoms with Gasteiger partial charge in [-0.3, -0.25) is 14.8 Å². The number of hydrogen-bond donors (Lipinski definition) is 1. The van der Waals surface area contributed by atoms with Crippen LogP contribution in [0.3, 0.4) is 0 Å². The highest BCUT2D eigenvalue weighted by atomic mass is 19.3. The molecule has 1 aromatic rings. The largest absolute Gasteiger partial charge is 0.481 e. The molecule has 0 unspecified atom stereocenters. The number of hydrogen-bond acceptors (Lipinski definition) is 3. The number of alkyl halides is 2. The lowest BCUT2D eigenvalue weighted by atomic mass is 10.2. The second-order valence-electron chi connectivity index (χ2n) is 2.82. The molecule has 1 aromatic heterocycles.